The largest absolute Gasteiger partial charge is 0.384 e. The van der Waals surface area contributed by atoms with Gasteiger partial charge in [0.15, 0.2) is 0 Å². The average molecular weight is 292 g/mol. The number of nitrogens with zero attached hydrogens (tertiary/aromatic N) is 1. The van der Waals surface area contributed by atoms with Crippen LogP contribution in [0, 0.1) is 0 Å². The molecule has 1 aromatic rings. The smallest absolute Gasteiger partial charge is 0.0830 e. The van der Waals surface area contributed by atoms with Crippen LogP contribution in [0.15, 0.2) is 33.7 Å². The highest BCUT2D eigenvalue weighted by atomic mass is 79.9. The second-order valence-electron chi connectivity index (χ2n) is 4.33. The molecular weight excluding hydrogens is 278 g/mol. The van der Waals surface area contributed by atoms with E-state index in [4.69, 9.17) is 0 Å². The summed E-state index contributed by atoms with van der Waals surface area (Å²) in [5.74, 6) is 0. The van der Waals surface area contributed by atoms with E-state index >= 15 is 0 Å². The van der Waals surface area contributed by atoms with Crippen molar-refractivity contribution in [2.75, 3.05) is 18.4 Å². The molecule has 1 atom stereocenters. The first-order chi connectivity index (χ1) is 8.33. The normalized spacial score (nSPS) is 24.3. The van der Waals surface area contributed by atoms with Gasteiger partial charge in [-0.25, -0.2) is 0 Å². The predicted octanol–water partition coefficient (Wildman–Crippen LogP) is 2.65. The fraction of sp³-hybridized carbons (Fsp3) is 0.308. The molecule has 2 aliphatic rings. The first kappa shape index (κ1) is 10.8. The lowest BCUT2D eigenvalue weighted by Gasteiger charge is -2.22. The number of halogens is 1. The van der Waals surface area contributed by atoms with Crippen LogP contribution in [0.4, 0.5) is 5.69 Å². The van der Waals surface area contributed by atoms with Gasteiger partial charge < -0.3 is 10.6 Å². The summed E-state index contributed by atoms with van der Waals surface area (Å²) in [6.45, 7) is 1.86. The van der Waals surface area contributed by atoms with E-state index in [0.29, 0.717) is 6.04 Å². The van der Waals surface area contributed by atoms with Crippen LogP contribution in [0.1, 0.15) is 12.0 Å². The molecule has 0 aromatic heterocycles. The molecule has 0 saturated carbocycles. The number of fused-ring (bicyclic) bond motifs is 1. The van der Waals surface area contributed by atoms with Crippen LogP contribution in [-0.4, -0.2) is 25.5 Å². The lowest BCUT2D eigenvalue weighted by Crippen LogP contribution is -2.23. The van der Waals surface area contributed by atoms with Gasteiger partial charge in [0, 0.05) is 22.3 Å². The van der Waals surface area contributed by atoms with Crippen LogP contribution < -0.4 is 10.6 Å². The van der Waals surface area contributed by atoms with Crippen LogP contribution in [0.5, 0.6) is 0 Å². The topological polar surface area (TPSA) is 36.4 Å². The average Bonchev–Trinajstić information content (AvgIpc) is 2.83. The van der Waals surface area contributed by atoms with E-state index in [1.54, 1.807) is 6.34 Å². The molecular formula is C13H14BrN3. The van der Waals surface area contributed by atoms with E-state index in [0.717, 1.165) is 24.0 Å². The minimum Gasteiger partial charge on any atom is -0.384 e. The number of anilines is 1. The van der Waals surface area contributed by atoms with Crippen molar-refractivity contribution in [3.63, 3.8) is 0 Å². The highest BCUT2D eigenvalue weighted by molar-refractivity contribution is 9.10. The summed E-state index contributed by atoms with van der Waals surface area (Å²) in [7, 11) is 0. The third kappa shape index (κ3) is 2.22. The van der Waals surface area contributed by atoms with Gasteiger partial charge in [-0.05, 0) is 30.2 Å². The van der Waals surface area contributed by atoms with Gasteiger partial charge in [-0.15, -0.1) is 0 Å². The van der Waals surface area contributed by atoms with E-state index < -0.39 is 0 Å². The Labute approximate surface area is 109 Å². The summed E-state index contributed by atoms with van der Waals surface area (Å²) in [6, 6.07) is 6.75. The Kier molecular flexibility index (Phi) is 2.89. The van der Waals surface area contributed by atoms with E-state index in [1.807, 2.05) is 0 Å². The van der Waals surface area contributed by atoms with Crippen molar-refractivity contribution in [1.82, 2.24) is 5.32 Å². The van der Waals surface area contributed by atoms with Crippen molar-refractivity contribution in [3.05, 3.63) is 34.3 Å². The summed E-state index contributed by atoms with van der Waals surface area (Å²) < 4.78 is 1.13. The third-order valence-electron chi connectivity index (χ3n) is 3.12. The molecule has 0 radical (unpaired) electrons. The maximum atomic E-state index is 4.20. The SMILES string of the molecule is Brc1ccc2c(c1)/C(=C/C1CN=CN1)CCN2. The molecule has 0 bridgehead atoms. The Balaban J connectivity index is 1.95. The fourth-order valence-corrected chi connectivity index (χ4v) is 2.65. The summed E-state index contributed by atoms with van der Waals surface area (Å²) >= 11 is 3.54. The number of benzene rings is 1. The van der Waals surface area contributed by atoms with Gasteiger partial charge in [-0.2, -0.15) is 0 Å². The molecule has 1 unspecified atom stereocenters. The predicted molar refractivity (Wildman–Crippen MR) is 75.5 cm³/mol. The van der Waals surface area contributed by atoms with E-state index in [9.17, 15) is 0 Å². The molecule has 0 saturated heterocycles. The summed E-state index contributed by atoms with van der Waals surface area (Å²) in [5.41, 5.74) is 3.94. The number of rotatable bonds is 1. The van der Waals surface area contributed by atoms with Crippen molar-refractivity contribution >= 4 is 33.5 Å². The fourth-order valence-electron chi connectivity index (χ4n) is 2.29. The monoisotopic (exact) mass is 291 g/mol. The van der Waals surface area contributed by atoms with Crippen LogP contribution in [0.2, 0.25) is 0 Å². The van der Waals surface area contributed by atoms with Crippen molar-refractivity contribution in [2.45, 2.75) is 12.5 Å². The Bertz CT molecular complexity index is 485. The summed E-state index contributed by atoms with van der Waals surface area (Å²) in [6.07, 6.45) is 5.17. The Morgan fingerprint density at radius 1 is 1.41 bits per heavy atom. The molecule has 0 aliphatic carbocycles. The van der Waals surface area contributed by atoms with E-state index in [-0.39, 0.29) is 0 Å². The van der Waals surface area contributed by atoms with Gasteiger partial charge in [0.2, 0.25) is 0 Å². The Morgan fingerprint density at radius 2 is 2.35 bits per heavy atom. The van der Waals surface area contributed by atoms with Gasteiger partial charge >= 0.3 is 0 Å². The zero-order valence-electron chi connectivity index (χ0n) is 9.41. The van der Waals surface area contributed by atoms with Gasteiger partial charge in [-0.3, -0.25) is 4.99 Å². The third-order valence-corrected chi connectivity index (χ3v) is 3.61. The number of hydrogen-bond acceptors (Lipinski definition) is 3. The van der Waals surface area contributed by atoms with Crippen LogP contribution in [-0.2, 0) is 0 Å². The van der Waals surface area contributed by atoms with Gasteiger partial charge in [0.1, 0.15) is 0 Å². The van der Waals surface area contributed by atoms with Crippen molar-refractivity contribution in [2.24, 2.45) is 4.99 Å². The van der Waals surface area contributed by atoms with Crippen LogP contribution >= 0.6 is 15.9 Å². The molecule has 0 amide bonds. The van der Waals surface area contributed by atoms with Crippen molar-refractivity contribution in [1.29, 1.82) is 0 Å². The van der Waals surface area contributed by atoms with Gasteiger partial charge in [0.05, 0.1) is 18.9 Å². The van der Waals surface area contributed by atoms with E-state index in [2.05, 4.69) is 55.8 Å². The molecule has 2 heterocycles. The summed E-state index contributed by atoms with van der Waals surface area (Å²) in [4.78, 5) is 4.20. The van der Waals surface area contributed by atoms with Gasteiger partial charge in [-0.1, -0.05) is 22.0 Å². The Hall–Kier alpha value is -1.29. The molecule has 1 aromatic carbocycles. The molecule has 2 aliphatic heterocycles. The molecule has 3 rings (SSSR count). The minimum absolute atomic E-state index is 0.356. The number of nitrogens with one attached hydrogen (secondary N) is 2. The first-order valence-corrected chi connectivity index (χ1v) is 6.61. The minimum atomic E-state index is 0.356. The second kappa shape index (κ2) is 4.53. The molecule has 4 heteroatoms. The molecule has 0 spiro atoms. The molecule has 2 N–H and O–H groups in total. The zero-order valence-corrected chi connectivity index (χ0v) is 11.0. The maximum Gasteiger partial charge on any atom is 0.0830 e. The lowest BCUT2D eigenvalue weighted by atomic mass is 9.95. The van der Waals surface area contributed by atoms with Crippen molar-refractivity contribution < 1.29 is 0 Å². The second-order valence-corrected chi connectivity index (χ2v) is 5.24. The molecule has 3 nitrogen and oxygen atoms in total. The molecule has 17 heavy (non-hydrogen) atoms. The zero-order chi connectivity index (χ0) is 11.7. The maximum absolute atomic E-state index is 4.20. The lowest BCUT2D eigenvalue weighted by molar-refractivity contribution is 0.799. The van der Waals surface area contributed by atoms with Gasteiger partial charge in [0.25, 0.3) is 0 Å². The quantitative estimate of drug-likeness (QED) is 0.835. The highest BCUT2D eigenvalue weighted by Gasteiger charge is 2.16. The van der Waals surface area contributed by atoms with Crippen LogP contribution in [0.3, 0.4) is 0 Å². The molecule has 0 fully saturated rings. The summed E-state index contributed by atoms with van der Waals surface area (Å²) in [5, 5.41) is 6.68. The van der Waals surface area contributed by atoms with Crippen LogP contribution in [0.25, 0.3) is 5.57 Å². The number of aliphatic imine (C=N–C) groups is 1. The Morgan fingerprint density at radius 3 is 3.18 bits per heavy atom. The first-order valence-electron chi connectivity index (χ1n) is 5.82. The number of hydrogen-bond donors (Lipinski definition) is 2. The van der Waals surface area contributed by atoms with E-state index in [1.165, 1.54) is 16.8 Å². The molecule has 88 valence electrons. The highest BCUT2D eigenvalue weighted by Crippen LogP contribution is 2.33. The van der Waals surface area contributed by atoms with Crippen molar-refractivity contribution in [3.8, 4) is 0 Å². The standard InChI is InChI=1S/C13H14BrN3/c14-10-1-2-13-12(6-10)9(3-4-16-13)5-11-7-15-8-17-11/h1-2,5-6,8,11,16H,3-4,7H2,(H,15,17)/b9-5+.